The van der Waals surface area contributed by atoms with Crippen molar-refractivity contribution in [2.24, 2.45) is 0 Å². The molecule has 21 heavy (non-hydrogen) atoms. The van der Waals surface area contributed by atoms with Crippen LogP contribution in [0.15, 0.2) is 43.0 Å². The summed E-state index contributed by atoms with van der Waals surface area (Å²) in [5, 5.41) is 0. The van der Waals surface area contributed by atoms with E-state index in [0.29, 0.717) is 6.42 Å². The third kappa shape index (κ3) is 3.45. The Hall–Kier alpha value is -2.23. The Labute approximate surface area is 124 Å². The number of carbonyl (C=O) groups excluding carboxylic acids is 1. The molecule has 0 atom stereocenters. The fraction of sp³-hybridized carbons (Fsp3) is 0.353. The summed E-state index contributed by atoms with van der Waals surface area (Å²) in [7, 11) is 0. The van der Waals surface area contributed by atoms with Gasteiger partial charge in [-0.25, -0.2) is 9.97 Å². The Balaban J connectivity index is 1.65. The van der Waals surface area contributed by atoms with E-state index in [0.717, 1.165) is 42.6 Å². The minimum absolute atomic E-state index is 0.241. The number of aromatic nitrogens is 2. The first-order valence-electron chi connectivity index (χ1n) is 7.45. The highest BCUT2D eigenvalue weighted by Gasteiger charge is 2.16. The summed E-state index contributed by atoms with van der Waals surface area (Å²) in [6.45, 7) is 1.83. The molecule has 3 rings (SSSR count). The zero-order valence-electron chi connectivity index (χ0n) is 12.0. The lowest BCUT2D eigenvalue weighted by Gasteiger charge is -2.26. The summed E-state index contributed by atoms with van der Waals surface area (Å²) >= 11 is 0. The van der Waals surface area contributed by atoms with Gasteiger partial charge in [0.25, 0.3) is 0 Å². The lowest BCUT2D eigenvalue weighted by atomic mass is 10.0. The number of hydrogen-bond acceptors (Lipinski definition) is 3. The molecular weight excluding hydrogens is 262 g/mol. The molecule has 0 N–H and O–H groups in total. The van der Waals surface area contributed by atoms with Crippen LogP contribution in [0.5, 0.6) is 0 Å². The Morgan fingerprint density at radius 2 is 1.62 bits per heavy atom. The SMILES string of the molecule is O=C(Cc1ccc(-c2cncnc2)cc1)N1CCCCC1. The fourth-order valence-electron chi connectivity index (χ4n) is 2.69. The van der Waals surface area contributed by atoms with E-state index in [4.69, 9.17) is 0 Å². The molecule has 108 valence electrons. The average molecular weight is 281 g/mol. The molecule has 2 heterocycles. The monoisotopic (exact) mass is 281 g/mol. The van der Waals surface area contributed by atoms with Crippen LogP contribution in [0.1, 0.15) is 24.8 Å². The van der Waals surface area contributed by atoms with Crippen LogP contribution in [0.4, 0.5) is 0 Å². The Morgan fingerprint density at radius 1 is 0.952 bits per heavy atom. The molecule has 0 bridgehead atoms. The van der Waals surface area contributed by atoms with Crippen LogP contribution in [0, 0.1) is 0 Å². The molecule has 0 unspecified atom stereocenters. The van der Waals surface area contributed by atoms with E-state index in [1.807, 2.05) is 29.2 Å². The van der Waals surface area contributed by atoms with Gasteiger partial charge in [-0.1, -0.05) is 24.3 Å². The Bertz CT molecular complexity index is 589. The van der Waals surface area contributed by atoms with Gasteiger partial charge >= 0.3 is 0 Å². The number of rotatable bonds is 3. The third-order valence-electron chi connectivity index (χ3n) is 3.91. The van der Waals surface area contributed by atoms with Crippen LogP contribution in [-0.4, -0.2) is 33.9 Å². The van der Waals surface area contributed by atoms with Gasteiger partial charge in [-0.2, -0.15) is 0 Å². The molecule has 1 saturated heterocycles. The zero-order valence-corrected chi connectivity index (χ0v) is 12.0. The van der Waals surface area contributed by atoms with E-state index in [2.05, 4.69) is 9.97 Å². The van der Waals surface area contributed by atoms with Gasteiger partial charge in [0, 0.05) is 31.0 Å². The van der Waals surface area contributed by atoms with E-state index in [1.165, 1.54) is 12.7 Å². The Morgan fingerprint density at radius 3 is 2.29 bits per heavy atom. The number of piperidine rings is 1. The summed E-state index contributed by atoms with van der Waals surface area (Å²) in [4.78, 5) is 22.3. The smallest absolute Gasteiger partial charge is 0.226 e. The molecule has 0 spiro atoms. The number of nitrogens with zero attached hydrogens (tertiary/aromatic N) is 3. The highest BCUT2D eigenvalue weighted by molar-refractivity contribution is 5.79. The van der Waals surface area contributed by atoms with Crippen molar-refractivity contribution in [1.82, 2.24) is 14.9 Å². The molecule has 4 heteroatoms. The second kappa shape index (κ2) is 6.48. The first kappa shape index (κ1) is 13.7. The number of benzene rings is 1. The van der Waals surface area contributed by atoms with E-state index < -0.39 is 0 Å². The lowest BCUT2D eigenvalue weighted by molar-refractivity contribution is -0.131. The van der Waals surface area contributed by atoms with E-state index >= 15 is 0 Å². The fourth-order valence-corrected chi connectivity index (χ4v) is 2.69. The molecule has 1 aromatic carbocycles. The zero-order chi connectivity index (χ0) is 14.5. The first-order valence-corrected chi connectivity index (χ1v) is 7.45. The number of amides is 1. The largest absolute Gasteiger partial charge is 0.342 e. The van der Waals surface area contributed by atoms with Gasteiger partial charge < -0.3 is 4.90 Å². The molecule has 1 amide bonds. The molecule has 2 aromatic rings. The van der Waals surface area contributed by atoms with Crippen LogP contribution in [0.25, 0.3) is 11.1 Å². The van der Waals surface area contributed by atoms with Gasteiger partial charge in [0.15, 0.2) is 0 Å². The van der Waals surface area contributed by atoms with Crippen molar-refractivity contribution in [3.63, 3.8) is 0 Å². The number of carbonyl (C=O) groups is 1. The first-order chi connectivity index (χ1) is 10.3. The molecule has 0 saturated carbocycles. The van der Waals surface area contributed by atoms with Crippen LogP contribution < -0.4 is 0 Å². The minimum Gasteiger partial charge on any atom is -0.342 e. The Kier molecular flexibility index (Phi) is 4.24. The molecule has 4 nitrogen and oxygen atoms in total. The molecular formula is C17H19N3O. The van der Waals surface area contributed by atoms with Crippen molar-refractivity contribution in [3.05, 3.63) is 48.5 Å². The highest BCUT2D eigenvalue weighted by Crippen LogP contribution is 2.18. The predicted octanol–water partition coefficient (Wildman–Crippen LogP) is 2.70. The van der Waals surface area contributed by atoms with Crippen molar-refractivity contribution < 1.29 is 4.79 Å². The van der Waals surface area contributed by atoms with Crippen molar-refractivity contribution in [3.8, 4) is 11.1 Å². The normalized spacial score (nSPS) is 15.0. The molecule has 0 radical (unpaired) electrons. The van der Waals surface area contributed by atoms with Crippen molar-refractivity contribution in [1.29, 1.82) is 0 Å². The number of likely N-dealkylation sites (tertiary alicyclic amines) is 1. The molecule has 1 aliphatic heterocycles. The van der Waals surface area contributed by atoms with Gasteiger partial charge in [0.2, 0.25) is 5.91 Å². The average Bonchev–Trinajstić information content (AvgIpc) is 2.57. The second-order valence-electron chi connectivity index (χ2n) is 5.44. The molecule has 1 fully saturated rings. The van der Waals surface area contributed by atoms with Crippen LogP contribution in [-0.2, 0) is 11.2 Å². The maximum absolute atomic E-state index is 12.2. The summed E-state index contributed by atoms with van der Waals surface area (Å²) in [5.41, 5.74) is 3.13. The standard InChI is InChI=1S/C17H19N3O/c21-17(20-8-2-1-3-9-20)10-14-4-6-15(7-5-14)16-11-18-13-19-12-16/h4-7,11-13H,1-3,8-10H2. The molecule has 1 aromatic heterocycles. The summed E-state index contributed by atoms with van der Waals surface area (Å²) < 4.78 is 0. The van der Waals surface area contributed by atoms with Gasteiger partial charge in [-0.05, 0) is 30.4 Å². The van der Waals surface area contributed by atoms with Gasteiger partial charge in [0.05, 0.1) is 6.42 Å². The maximum Gasteiger partial charge on any atom is 0.226 e. The predicted molar refractivity (Wildman–Crippen MR) is 81.6 cm³/mol. The second-order valence-corrected chi connectivity index (χ2v) is 5.44. The van der Waals surface area contributed by atoms with Crippen molar-refractivity contribution in [2.45, 2.75) is 25.7 Å². The van der Waals surface area contributed by atoms with Gasteiger partial charge in [-0.15, -0.1) is 0 Å². The van der Waals surface area contributed by atoms with Crippen LogP contribution in [0.3, 0.4) is 0 Å². The van der Waals surface area contributed by atoms with Gasteiger partial charge in [0.1, 0.15) is 6.33 Å². The molecule has 1 aliphatic rings. The molecule has 0 aliphatic carbocycles. The summed E-state index contributed by atoms with van der Waals surface area (Å²) in [5.74, 6) is 0.241. The number of hydrogen-bond donors (Lipinski definition) is 0. The topological polar surface area (TPSA) is 46.1 Å². The van der Waals surface area contributed by atoms with E-state index in [1.54, 1.807) is 12.4 Å². The van der Waals surface area contributed by atoms with Crippen LogP contribution in [0.2, 0.25) is 0 Å². The summed E-state index contributed by atoms with van der Waals surface area (Å²) in [6.07, 6.45) is 9.12. The summed E-state index contributed by atoms with van der Waals surface area (Å²) in [6, 6.07) is 8.09. The van der Waals surface area contributed by atoms with Crippen LogP contribution >= 0.6 is 0 Å². The van der Waals surface area contributed by atoms with E-state index in [9.17, 15) is 4.79 Å². The highest BCUT2D eigenvalue weighted by atomic mass is 16.2. The third-order valence-corrected chi connectivity index (χ3v) is 3.91. The van der Waals surface area contributed by atoms with E-state index in [-0.39, 0.29) is 5.91 Å². The van der Waals surface area contributed by atoms with Gasteiger partial charge in [-0.3, -0.25) is 4.79 Å². The maximum atomic E-state index is 12.2. The quantitative estimate of drug-likeness (QED) is 0.869. The lowest BCUT2D eigenvalue weighted by Crippen LogP contribution is -2.36. The van der Waals surface area contributed by atoms with Crippen molar-refractivity contribution in [2.75, 3.05) is 13.1 Å². The minimum atomic E-state index is 0.241. The van der Waals surface area contributed by atoms with Crippen molar-refractivity contribution >= 4 is 5.91 Å².